The highest BCUT2D eigenvalue weighted by Crippen LogP contribution is 2.33. The molecule has 1 N–H and O–H groups in total. The lowest BCUT2D eigenvalue weighted by Gasteiger charge is -2.35. The maximum absolute atomic E-state index is 14.7. The summed E-state index contributed by atoms with van der Waals surface area (Å²) in [5, 5.41) is 1.91. The third-order valence-electron chi connectivity index (χ3n) is 3.24. The van der Waals surface area contributed by atoms with Crippen LogP contribution in [0.4, 0.5) is 4.39 Å². The van der Waals surface area contributed by atoms with Crippen molar-refractivity contribution in [1.82, 2.24) is 20.2 Å². The monoisotopic (exact) mass is 294 g/mol. The summed E-state index contributed by atoms with van der Waals surface area (Å²) >= 11 is 0. The molecular formula is C13H15FN4O3. The minimum Gasteiger partial charge on any atom is -0.292 e. The number of alkyl halides is 1. The molecule has 3 heterocycles. The Morgan fingerprint density at radius 2 is 1.90 bits per heavy atom. The first-order valence-corrected chi connectivity index (χ1v) is 6.67. The Labute approximate surface area is 120 Å². The van der Waals surface area contributed by atoms with Crippen LogP contribution >= 0.6 is 0 Å². The van der Waals surface area contributed by atoms with E-state index in [9.17, 15) is 18.8 Å². The first-order valence-electron chi connectivity index (χ1n) is 6.67. The number of nitrogens with one attached hydrogen (secondary N) is 1. The summed E-state index contributed by atoms with van der Waals surface area (Å²) in [7, 11) is 0. The van der Waals surface area contributed by atoms with Crippen molar-refractivity contribution in [2.75, 3.05) is 0 Å². The van der Waals surface area contributed by atoms with Crippen molar-refractivity contribution in [2.45, 2.75) is 39.0 Å². The zero-order valence-electron chi connectivity index (χ0n) is 11.7. The van der Waals surface area contributed by atoms with Crippen LogP contribution in [-0.2, 0) is 16.1 Å². The summed E-state index contributed by atoms with van der Waals surface area (Å²) in [6.45, 7) is 3.88. The molecule has 7 nitrogen and oxygen atoms in total. The number of hydrogen-bond donors (Lipinski definition) is 1. The lowest BCUT2D eigenvalue weighted by Crippen LogP contribution is -2.60. The minimum atomic E-state index is -2.52. The van der Waals surface area contributed by atoms with Crippen molar-refractivity contribution in [3.05, 3.63) is 23.8 Å². The van der Waals surface area contributed by atoms with Gasteiger partial charge in [-0.15, -0.1) is 0 Å². The molecule has 0 radical (unpaired) electrons. The van der Waals surface area contributed by atoms with Crippen LogP contribution in [0.1, 0.15) is 42.9 Å². The molecule has 8 heteroatoms. The Kier molecular flexibility index (Phi) is 3.97. The Bertz CT molecular complexity index is 607. The molecule has 2 aliphatic rings. The number of amides is 3. The Morgan fingerprint density at radius 3 is 2.52 bits per heavy atom. The van der Waals surface area contributed by atoms with Crippen LogP contribution in [0.5, 0.6) is 0 Å². The smallest absolute Gasteiger partial charge is 0.285 e. The number of nitrogens with zero attached hydrogens (tertiary/aromatic N) is 3. The summed E-state index contributed by atoms with van der Waals surface area (Å²) in [6, 6.07) is 0. The first-order chi connectivity index (χ1) is 10.0. The van der Waals surface area contributed by atoms with Crippen LogP contribution in [0.25, 0.3) is 0 Å². The molecule has 1 fully saturated rings. The standard InChI is InChI=1S/C11H9FN4O3.C2H6/c12-11(2-1-7(17)15-10(11)19)16-5-6-8(9(16)18)14-4-3-13-6;1-2/h3-4H,1-2,5H2,(H,15,17,19);1-2H3. The largest absolute Gasteiger partial charge is 0.292 e. The number of halogens is 1. The fourth-order valence-electron chi connectivity index (χ4n) is 2.23. The summed E-state index contributed by atoms with van der Waals surface area (Å²) in [5.41, 5.74) is 0.374. The van der Waals surface area contributed by atoms with E-state index in [0.717, 1.165) is 4.90 Å². The molecule has 0 spiro atoms. The van der Waals surface area contributed by atoms with E-state index < -0.39 is 23.5 Å². The predicted molar refractivity (Wildman–Crippen MR) is 69.5 cm³/mol. The molecule has 112 valence electrons. The highest BCUT2D eigenvalue weighted by molar-refractivity contribution is 6.05. The van der Waals surface area contributed by atoms with Crippen LogP contribution in [0, 0.1) is 0 Å². The van der Waals surface area contributed by atoms with Gasteiger partial charge in [-0.1, -0.05) is 13.8 Å². The third-order valence-corrected chi connectivity index (χ3v) is 3.24. The number of carbonyl (C=O) groups excluding carboxylic acids is 3. The van der Waals surface area contributed by atoms with E-state index in [1.54, 1.807) is 0 Å². The molecule has 2 aliphatic heterocycles. The Morgan fingerprint density at radius 1 is 1.24 bits per heavy atom. The molecule has 0 bridgehead atoms. The van der Waals surface area contributed by atoms with Gasteiger partial charge in [-0.3, -0.25) is 29.6 Å². The molecular weight excluding hydrogens is 279 g/mol. The summed E-state index contributed by atoms with van der Waals surface area (Å²) in [4.78, 5) is 43.3. The summed E-state index contributed by atoms with van der Waals surface area (Å²) in [5.74, 6) is -4.86. The van der Waals surface area contributed by atoms with Gasteiger partial charge in [0.05, 0.1) is 12.2 Å². The number of carbonyl (C=O) groups is 3. The highest BCUT2D eigenvalue weighted by Gasteiger charge is 2.53. The quantitative estimate of drug-likeness (QED) is 0.603. The van der Waals surface area contributed by atoms with Crippen molar-refractivity contribution in [3.63, 3.8) is 0 Å². The second kappa shape index (κ2) is 5.55. The van der Waals surface area contributed by atoms with Crippen molar-refractivity contribution in [1.29, 1.82) is 0 Å². The number of piperidine rings is 1. The summed E-state index contributed by atoms with van der Waals surface area (Å²) in [6.07, 6.45) is 2.22. The van der Waals surface area contributed by atoms with Gasteiger partial charge in [0.2, 0.25) is 5.91 Å². The van der Waals surface area contributed by atoms with Gasteiger partial charge in [-0.2, -0.15) is 0 Å². The molecule has 1 saturated heterocycles. The fraction of sp³-hybridized carbons (Fsp3) is 0.462. The Hall–Kier alpha value is -2.38. The number of aromatic nitrogens is 2. The van der Waals surface area contributed by atoms with Gasteiger partial charge < -0.3 is 0 Å². The molecule has 3 rings (SSSR count). The molecule has 0 saturated carbocycles. The lowest BCUT2D eigenvalue weighted by atomic mass is 10.0. The van der Waals surface area contributed by atoms with Crippen molar-refractivity contribution < 1.29 is 18.8 Å². The van der Waals surface area contributed by atoms with Crippen LogP contribution in [-0.4, -0.2) is 38.4 Å². The fourth-order valence-corrected chi connectivity index (χ4v) is 2.23. The highest BCUT2D eigenvalue weighted by atomic mass is 19.1. The van der Waals surface area contributed by atoms with E-state index in [-0.39, 0.29) is 25.1 Å². The van der Waals surface area contributed by atoms with Gasteiger partial charge in [-0.05, 0) is 0 Å². The van der Waals surface area contributed by atoms with E-state index in [0.29, 0.717) is 5.69 Å². The first kappa shape index (κ1) is 15.0. The van der Waals surface area contributed by atoms with Gasteiger partial charge in [0.25, 0.3) is 17.6 Å². The number of imide groups is 1. The van der Waals surface area contributed by atoms with Gasteiger partial charge in [0.15, 0.2) is 5.69 Å². The van der Waals surface area contributed by atoms with Crippen LogP contribution in [0.15, 0.2) is 12.4 Å². The second-order valence-corrected chi connectivity index (χ2v) is 4.38. The maximum atomic E-state index is 14.7. The van der Waals surface area contributed by atoms with Gasteiger partial charge in [0, 0.05) is 25.2 Å². The average molecular weight is 294 g/mol. The zero-order valence-corrected chi connectivity index (χ0v) is 11.7. The number of hydrogen-bond acceptors (Lipinski definition) is 5. The van der Waals surface area contributed by atoms with Crippen molar-refractivity contribution in [3.8, 4) is 0 Å². The SMILES string of the molecule is CC.O=C1CCC(F)(N2Cc3nccnc3C2=O)C(=O)N1. The third kappa shape index (κ3) is 2.37. The van der Waals surface area contributed by atoms with E-state index in [2.05, 4.69) is 9.97 Å². The molecule has 0 aromatic carbocycles. The predicted octanol–water partition coefficient (Wildman–Crippen LogP) is 0.561. The second-order valence-electron chi connectivity index (χ2n) is 4.38. The molecule has 0 aliphatic carbocycles. The average Bonchev–Trinajstić information content (AvgIpc) is 2.84. The molecule has 21 heavy (non-hydrogen) atoms. The van der Waals surface area contributed by atoms with Crippen molar-refractivity contribution in [2.24, 2.45) is 0 Å². The normalized spacial score (nSPS) is 24.1. The van der Waals surface area contributed by atoms with E-state index in [4.69, 9.17) is 0 Å². The molecule has 1 aromatic rings. The van der Waals surface area contributed by atoms with Crippen LogP contribution < -0.4 is 5.32 Å². The number of rotatable bonds is 1. The van der Waals surface area contributed by atoms with Crippen LogP contribution in [0.3, 0.4) is 0 Å². The molecule has 1 aromatic heterocycles. The maximum Gasteiger partial charge on any atom is 0.285 e. The topological polar surface area (TPSA) is 92.3 Å². The summed E-state index contributed by atoms with van der Waals surface area (Å²) < 4.78 is 14.7. The van der Waals surface area contributed by atoms with E-state index >= 15 is 0 Å². The Balaban J connectivity index is 0.000000774. The van der Waals surface area contributed by atoms with E-state index in [1.165, 1.54) is 12.4 Å². The van der Waals surface area contributed by atoms with E-state index in [1.807, 2.05) is 19.2 Å². The van der Waals surface area contributed by atoms with Crippen molar-refractivity contribution >= 4 is 17.7 Å². The number of fused-ring (bicyclic) bond motifs is 1. The van der Waals surface area contributed by atoms with Gasteiger partial charge in [0.1, 0.15) is 0 Å². The molecule has 1 unspecified atom stereocenters. The lowest BCUT2D eigenvalue weighted by molar-refractivity contribution is -0.154. The van der Waals surface area contributed by atoms with Gasteiger partial charge >= 0.3 is 0 Å². The van der Waals surface area contributed by atoms with Crippen LogP contribution in [0.2, 0.25) is 0 Å². The molecule has 1 atom stereocenters. The zero-order chi connectivity index (χ0) is 15.6. The molecule has 3 amide bonds. The van der Waals surface area contributed by atoms with Gasteiger partial charge in [-0.25, -0.2) is 9.37 Å². The minimum absolute atomic E-state index is 0.0456.